The van der Waals surface area contributed by atoms with Crippen molar-refractivity contribution in [1.29, 1.82) is 0 Å². The molecule has 9 heteroatoms. The first-order valence-corrected chi connectivity index (χ1v) is 12.0. The maximum atomic E-state index is 13.0. The fourth-order valence-corrected chi connectivity index (χ4v) is 4.53. The van der Waals surface area contributed by atoms with E-state index in [1.807, 2.05) is 30.3 Å². The molecule has 166 valence electrons. The van der Waals surface area contributed by atoms with Gasteiger partial charge < -0.3 is 10.6 Å². The van der Waals surface area contributed by atoms with Crippen LogP contribution in [0.3, 0.4) is 0 Å². The summed E-state index contributed by atoms with van der Waals surface area (Å²) in [6.07, 6.45) is 2.15. The Kier molecular flexibility index (Phi) is 7.35. The van der Waals surface area contributed by atoms with Crippen molar-refractivity contribution < 1.29 is 18.0 Å². The van der Waals surface area contributed by atoms with Gasteiger partial charge in [-0.05, 0) is 50.5 Å². The quantitative estimate of drug-likeness (QED) is 0.531. The Morgan fingerprint density at radius 3 is 2.39 bits per heavy atom. The van der Waals surface area contributed by atoms with Gasteiger partial charge in [-0.1, -0.05) is 41.9 Å². The van der Waals surface area contributed by atoms with E-state index in [-0.39, 0.29) is 33.5 Å². The van der Waals surface area contributed by atoms with Gasteiger partial charge in [0.2, 0.25) is 15.9 Å². The molecule has 3 rings (SSSR count). The Labute approximate surface area is 187 Å². The van der Waals surface area contributed by atoms with Gasteiger partial charge in [0.25, 0.3) is 5.91 Å². The minimum atomic E-state index is -3.80. The first-order chi connectivity index (χ1) is 14.7. The van der Waals surface area contributed by atoms with Crippen molar-refractivity contribution in [3.63, 3.8) is 0 Å². The van der Waals surface area contributed by atoms with Gasteiger partial charge in [0.1, 0.15) is 6.04 Å². The predicted octanol–water partition coefficient (Wildman–Crippen LogP) is 2.65. The van der Waals surface area contributed by atoms with Gasteiger partial charge in [-0.3, -0.25) is 9.59 Å². The minimum absolute atomic E-state index is 0.00872. The molecule has 7 nitrogen and oxygen atoms in total. The highest BCUT2D eigenvalue weighted by molar-refractivity contribution is 7.89. The average Bonchev–Trinajstić information content (AvgIpc) is 3.51. The monoisotopic (exact) mass is 463 g/mol. The number of nitrogens with one attached hydrogen (secondary N) is 3. The zero-order valence-electron chi connectivity index (χ0n) is 17.4. The van der Waals surface area contributed by atoms with E-state index in [2.05, 4.69) is 15.4 Å². The first-order valence-electron chi connectivity index (χ1n) is 10.1. The number of benzene rings is 2. The molecule has 2 aromatic rings. The summed E-state index contributed by atoms with van der Waals surface area (Å²) >= 11 is 6.19. The molecule has 0 spiro atoms. The van der Waals surface area contributed by atoms with Crippen LogP contribution in [0.4, 0.5) is 0 Å². The lowest BCUT2D eigenvalue weighted by Gasteiger charge is -2.19. The summed E-state index contributed by atoms with van der Waals surface area (Å²) in [5.41, 5.74) is 0.882. The highest BCUT2D eigenvalue weighted by Crippen LogP contribution is 2.22. The number of carbonyl (C=O) groups is 2. The van der Waals surface area contributed by atoms with Gasteiger partial charge >= 0.3 is 0 Å². The lowest BCUT2D eigenvalue weighted by Crippen LogP contribution is -2.48. The van der Waals surface area contributed by atoms with Crippen LogP contribution in [0.15, 0.2) is 53.4 Å². The van der Waals surface area contributed by atoms with Crippen molar-refractivity contribution in [2.24, 2.45) is 0 Å². The van der Waals surface area contributed by atoms with E-state index in [1.165, 1.54) is 18.2 Å². The van der Waals surface area contributed by atoms with Crippen LogP contribution < -0.4 is 15.4 Å². The summed E-state index contributed by atoms with van der Waals surface area (Å²) < 4.78 is 27.4. The molecule has 0 heterocycles. The van der Waals surface area contributed by atoms with E-state index in [9.17, 15) is 18.0 Å². The number of carbonyl (C=O) groups excluding carboxylic acids is 2. The third-order valence-electron chi connectivity index (χ3n) is 4.71. The highest BCUT2D eigenvalue weighted by atomic mass is 35.5. The molecule has 0 saturated heterocycles. The van der Waals surface area contributed by atoms with E-state index in [4.69, 9.17) is 11.6 Å². The molecule has 0 bridgehead atoms. The number of halogens is 1. The summed E-state index contributed by atoms with van der Waals surface area (Å²) in [7, 11) is -3.80. The Morgan fingerprint density at radius 2 is 1.77 bits per heavy atom. The van der Waals surface area contributed by atoms with E-state index in [0.717, 1.165) is 18.4 Å². The Balaban J connectivity index is 1.83. The number of hydrogen-bond donors (Lipinski definition) is 3. The van der Waals surface area contributed by atoms with Crippen LogP contribution >= 0.6 is 11.6 Å². The van der Waals surface area contributed by atoms with Crippen LogP contribution in [0.5, 0.6) is 0 Å². The van der Waals surface area contributed by atoms with Crippen LogP contribution in [0, 0.1) is 0 Å². The second-order valence-electron chi connectivity index (χ2n) is 7.92. The first kappa shape index (κ1) is 23.2. The van der Waals surface area contributed by atoms with Crippen molar-refractivity contribution in [1.82, 2.24) is 15.4 Å². The third-order valence-corrected chi connectivity index (χ3v) is 6.70. The molecule has 1 unspecified atom stereocenters. The maximum absolute atomic E-state index is 13.0. The Morgan fingerprint density at radius 1 is 1.10 bits per heavy atom. The van der Waals surface area contributed by atoms with Crippen molar-refractivity contribution in [3.05, 3.63) is 64.7 Å². The van der Waals surface area contributed by atoms with Gasteiger partial charge in [-0.2, -0.15) is 0 Å². The van der Waals surface area contributed by atoms with Crippen LogP contribution in [0.2, 0.25) is 5.02 Å². The molecule has 2 amide bonds. The maximum Gasteiger partial charge on any atom is 0.253 e. The average molecular weight is 464 g/mol. The molecule has 1 saturated carbocycles. The molecule has 1 atom stereocenters. The van der Waals surface area contributed by atoms with Gasteiger partial charge in [0, 0.05) is 18.5 Å². The lowest BCUT2D eigenvalue weighted by atomic mass is 10.0. The summed E-state index contributed by atoms with van der Waals surface area (Å²) in [5.74, 6) is -0.889. The molecule has 0 aromatic heterocycles. The molecular formula is C22H26ClN3O4S. The van der Waals surface area contributed by atoms with E-state index < -0.39 is 22.0 Å². The Bertz CT molecular complexity index is 1050. The Hall–Kier alpha value is -2.42. The zero-order valence-corrected chi connectivity index (χ0v) is 19.0. The third kappa shape index (κ3) is 6.53. The van der Waals surface area contributed by atoms with Crippen LogP contribution in [0.25, 0.3) is 0 Å². The van der Waals surface area contributed by atoms with E-state index in [0.29, 0.717) is 6.42 Å². The molecule has 2 aromatic carbocycles. The predicted molar refractivity (Wildman–Crippen MR) is 119 cm³/mol. The topological polar surface area (TPSA) is 104 Å². The second-order valence-corrected chi connectivity index (χ2v) is 10.0. The standard InChI is InChI=1S/C22H26ClN3O4S/c1-14(2)26-31(29,30)17-10-11-19(23)18(13-17)21(27)25-20(22(28)24-16-8-9-16)12-15-6-4-3-5-7-15/h3-7,10-11,13-14,16,20,26H,8-9,12H2,1-2H3,(H,24,28)(H,25,27). The SMILES string of the molecule is CC(C)NS(=O)(=O)c1ccc(Cl)c(C(=O)NC(Cc2ccccc2)C(=O)NC2CC2)c1. The van der Waals surface area contributed by atoms with Gasteiger partial charge in [0.15, 0.2) is 0 Å². The zero-order chi connectivity index (χ0) is 22.6. The van der Waals surface area contributed by atoms with Crippen molar-refractivity contribution in [2.45, 2.75) is 56.1 Å². The van der Waals surface area contributed by atoms with E-state index >= 15 is 0 Å². The van der Waals surface area contributed by atoms with Crippen molar-refractivity contribution in [2.75, 3.05) is 0 Å². The molecular weight excluding hydrogens is 438 g/mol. The normalized spacial score (nSPS) is 14.8. The smallest absolute Gasteiger partial charge is 0.253 e. The van der Waals surface area contributed by atoms with Crippen LogP contribution in [-0.2, 0) is 21.2 Å². The number of hydrogen-bond acceptors (Lipinski definition) is 4. The minimum Gasteiger partial charge on any atom is -0.352 e. The molecule has 0 aliphatic heterocycles. The van der Waals surface area contributed by atoms with E-state index in [1.54, 1.807) is 13.8 Å². The van der Waals surface area contributed by atoms with Gasteiger partial charge in [-0.15, -0.1) is 0 Å². The molecule has 0 radical (unpaired) electrons. The van der Waals surface area contributed by atoms with Crippen LogP contribution in [-0.4, -0.2) is 38.4 Å². The molecule has 1 aliphatic rings. The van der Waals surface area contributed by atoms with Crippen molar-refractivity contribution in [3.8, 4) is 0 Å². The van der Waals surface area contributed by atoms with Gasteiger partial charge in [0.05, 0.1) is 15.5 Å². The van der Waals surface area contributed by atoms with Gasteiger partial charge in [-0.25, -0.2) is 13.1 Å². The molecule has 1 fully saturated rings. The molecule has 3 N–H and O–H groups in total. The fraction of sp³-hybridized carbons (Fsp3) is 0.364. The lowest BCUT2D eigenvalue weighted by molar-refractivity contribution is -0.123. The molecule has 31 heavy (non-hydrogen) atoms. The largest absolute Gasteiger partial charge is 0.352 e. The molecule has 1 aliphatic carbocycles. The summed E-state index contributed by atoms with van der Waals surface area (Å²) in [5, 5.41) is 5.73. The summed E-state index contributed by atoms with van der Waals surface area (Å²) in [6, 6.07) is 12.3. The second kappa shape index (κ2) is 9.80. The number of amides is 2. The summed E-state index contributed by atoms with van der Waals surface area (Å²) in [6.45, 7) is 3.40. The van der Waals surface area contributed by atoms with Crippen LogP contribution in [0.1, 0.15) is 42.6 Å². The van der Waals surface area contributed by atoms with Crippen molar-refractivity contribution >= 4 is 33.4 Å². The summed E-state index contributed by atoms with van der Waals surface area (Å²) in [4.78, 5) is 25.6. The number of rotatable bonds is 9. The number of sulfonamides is 1. The fourth-order valence-electron chi connectivity index (χ4n) is 3.05. The highest BCUT2D eigenvalue weighted by Gasteiger charge is 2.29.